The lowest BCUT2D eigenvalue weighted by molar-refractivity contribution is 0.666. The molecule has 0 bridgehead atoms. The Labute approximate surface area is 241 Å². The molecule has 9 rings (SSSR count). The van der Waals surface area contributed by atoms with Crippen LogP contribution in [-0.4, -0.2) is 14.5 Å². The first-order valence-electron chi connectivity index (χ1n) is 14.0. The van der Waals surface area contributed by atoms with Crippen LogP contribution in [0.1, 0.15) is 25.0 Å². The van der Waals surface area contributed by atoms with Crippen LogP contribution in [0.25, 0.3) is 70.4 Å². The predicted octanol–water partition coefficient (Wildman–Crippen LogP) is 9.91. The van der Waals surface area contributed by atoms with Crippen molar-refractivity contribution in [3.8, 4) is 28.3 Å². The highest BCUT2D eigenvalue weighted by molar-refractivity contribution is 7.26. The molecule has 0 spiro atoms. The fourth-order valence-corrected chi connectivity index (χ4v) is 8.17. The van der Waals surface area contributed by atoms with Gasteiger partial charge in [0.05, 0.1) is 26.9 Å². The molecule has 194 valence electrons. The van der Waals surface area contributed by atoms with Crippen molar-refractivity contribution in [2.24, 2.45) is 0 Å². The lowest BCUT2D eigenvalue weighted by atomic mass is 9.80. The van der Waals surface area contributed by atoms with Gasteiger partial charge in [-0.25, -0.2) is 9.97 Å². The number of thiophene rings is 1. The van der Waals surface area contributed by atoms with E-state index in [9.17, 15) is 0 Å². The summed E-state index contributed by atoms with van der Waals surface area (Å²) in [6.45, 7) is 4.72. The highest BCUT2D eigenvalue weighted by Gasteiger charge is 2.38. The standard InChI is InChI=1S/C37H25N3S/c1-37(2)27-17-9-6-14-23(27)24-20-21-29-31(32(24)37)25-15-7-10-18-28(25)40(29)36-38-33(22-12-4-3-5-13-22)35-34(39-36)26-16-8-11-19-30(26)41-35/h3-21H,1-2H3. The Morgan fingerprint density at radius 3 is 2.24 bits per heavy atom. The maximum absolute atomic E-state index is 5.34. The molecule has 0 radical (unpaired) electrons. The Hall–Kier alpha value is -4.80. The number of benzene rings is 5. The van der Waals surface area contributed by atoms with Crippen LogP contribution in [0.3, 0.4) is 0 Å². The summed E-state index contributed by atoms with van der Waals surface area (Å²) >= 11 is 1.77. The summed E-state index contributed by atoms with van der Waals surface area (Å²) in [5.74, 6) is 0.708. The molecule has 3 aromatic heterocycles. The van der Waals surface area contributed by atoms with E-state index in [4.69, 9.17) is 9.97 Å². The van der Waals surface area contributed by atoms with E-state index in [1.807, 2.05) is 0 Å². The maximum atomic E-state index is 5.34. The average molecular weight is 544 g/mol. The summed E-state index contributed by atoms with van der Waals surface area (Å²) < 4.78 is 4.63. The van der Waals surface area contributed by atoms with Gasteiger partial charge in [-0.05, 0) is 40.5 Å². The van der Waals surface area contributed by atoms with Crippen molar-refractivity contribution in [2.45, 2.75) is 19.3 Å². The summed E-state index contributed by atoms with van der Waals surface area (Å²) in [6, 6.07) is 41.2. The number of hydrogen-bond donors (Lipinski definition) is 0. The second-order valence-corrected chi connectivity index (χ2v) is 12.5. The van der Waals surface area contributed by atoms with Gasteiger partial charge >= 0.3 is 0 Å². The second-order valence-electron chi connectivity index (χ2n) is 11.4. The summed E-state index contributed by atoms with van der Waals surface area (Å²) in [5, 5.41) is 3.70. The number of nitrogens with zero attached hydrogens (tertiary/aromatic N) is 3. The van der Waals surface area contributed by atoms with E-state index < -0.39 is 0 Å². The minimum absolute atomic E-state index is 0.121. The van der Waals surface area contributed by atoms with Gasteiger partial charge in [-0.2, -0.15) is 0 Å². The minimum atomic E-state index is -0.121. The van der Waals surface area contributed by atoms with Crippen LogP contribution in [-0.2, 0) is 5.41 Å². The van der Waals surface area contributed by atoms with E-state index in [0.29, 0.717) is 5.95 Å². The third-order valence-corrected chi connectivity index (χ3v) is 9.98. The summed E-state index contributed by atoms with van der Waals surface area (Å²) in [6.07, 6.45) is 0. The van der Waals surface area contributed by atoms with Crippen LogP contribution in [0.15, 0.2) is 115 Å². The Balaban J connectivity index is 1.43. The molecule has 0 saturated heterocycles. The molecule has 8 aromatic rings. The monoisotopic (exact) mass is 543 g/mol. The smallest absolute Gasteiger partial charge is 0.235 e. The molecule has 0 fully saturated rings. The first-order valence-corrected chi connectivity index (χ1v) is 14.8. The van der Waals surface area contributed by atoms with Gasteiger partial charge in [0.25, 0.3) is 0 Å². The Bertz CT molecular complexity index is 2340. The molecule has 3 nitrogen and oxygen atoms in total. The molecular weight excluding hydrogens is 518 g/mol. The molecule has 0 amide bonds. The maximum Gasteiger partial charge on any atom is 0.235 e. The number of hydrogen-bond acceptors (Lipinski definition) is 3. The molecule has 0 saturated carbocycles. The van der Waals surface area contributed by atoms with Crippen LogP contribution in [0.5, 0.6) is 0 Å². The van der Waals surface area contributed by atoms with Crippen LogP contribution < -0.4 is 0 Å². The van der Waals surface area contributed by atoms with E-state index in [1.54, 1.807) is 11.3 Å². The molecule has 1 aliphatic rings. The molecule has 41 heavy (non-hydrogen) atoms. The fraction of sp³-hybridized carbons (Fsp3) is 0.0811. The van der Waals surface area contributed by atoms with Gasteiger partial charge in [0.15, 0.2) is 0 Å². The summed E-state index contributed by atoms with van der Waals surface area (Å²) in [4.78, 5) is 10.7. The van der Waals surface area contributed by atoms with E-state index in [0.717, 1.165) is 32.5 Å². The first kappa shape index (κ1) is 23.0. The highest BCUT2D eigenvalue weighted by Crippen LogP contribution is 2.53. The zero-order valence-electron chi connectivity index (χ0n) is 22.7. The SMILES string of the molecule is CC1(C)c2ccccc2-c2ccc3c(c21)c1ccccc1n3-c1nc(-c2ccccc2)c2sc3ccccc3c2n1. The topological polar surface area (TPSA) is 30.7 Å². The summed E-state index contributed by atoms with van der Waals surface area (Å²) in [5.41, 5.74) is 10.7. The van der Waals surface area contributed by atoms with Crippen LogP contribution in [0.4, 0.5) is 0 Å². The normalized spacial score (nSPS) is 13.8. The van der Waals surface area contributed by atoms with Crippen molar-refractivity contribution in [3.05, 3.63) is 126 Å². The molecule has 4 heteroatoms. The van der Waals surface area contributed by atoms with Crippen molar-refractivity contribution in [2.75, 3.05) is 0 Å². The molecule has 3 heterocycles. The van der Waals surface area contributed by atoms with E-state index in [2.05, 4.69) is 134 Å². The average Bonchev–Trinajstić information content (AvgIpc) is 3.63. The number of aromatic nitrogens is 3. The quantitative estimate of drug-likeness (QED) is 0.217. The van der Waals surface area contributed by atoms with Crippen molar-refractivity contribution >= 4 is 53.4 Å². The fourth-order valence-electron chi connectivity index (χ4n) is 7.02. The van der Waals surface area contributed by atoms with Crippen molar-refractivity contribution in [1.82, 2.24) is 14.5 Å². The van der Waals surface area contributed by atoms with Gasteiger partial charge in [0.1, 0.15) is 0 Å². The molecule has 0 N–H and O–H groups in total. The van der Waals surface area contributed by atoms with E-state index >= 15 is 0 Å². The van der Waals surface area contributed by atoms with Crippen LogP contribution >= 0.6 is 11.3 Å². The zero-order chi connectivity index (χ0) is 27.3. The van der Waals surface area contributed by atoms with Crippen molar-refractivity contribution in [3.63, 3.8) is 0 Å². The zero-order valence-corrected chi connectivity index (χ0v) is 23.5. The number of fused-ring (bicyclic) bond motifs is 10. The van der Waals surface area contributed by atoms with Crippen LogP contribution in [0.2, 0.25) is 0 Å². The third-order valence-electron chi connectivity index (χ3n) is 8.81. The highest BCUT2D eigenvalue weighted by atomic mass is 32.1. The molecule has 0 aliphatic heterocycles. The third kappa shape index (κ3) is 3.03. The van der Waals surface area contributed by atoms with Crippen LogP contribution in [0, 0.1) is 0 Å². The van der Waals surface area contributed by atoms with Gasteiger partial charge in [-0.1, -0.05) is 111 Å². The van der Waals surface area contributed by atoms with E-state index in [1.165, 1.54) is 43.1 Å². The van der Waals surface area contributed by atoms with Gasteiger partial charge in [0, 0.05) is 31.8 Å². The van der Waals surface area contributed by atoms with Gasteiger partial charge in [-0.3, -0.25) is 4.57 Å². The molecule has 0 atom stereocenters. The Kier molecular flexibility index (Phi) is 4.55. The minimum Gasteiger partial charge on any atom is -0.278 e. The van der Waals surface area contributed by atoms with E-state index in [-0.39, 0.29) is 5.41 Å². The van der Waals surface area contributed by atoms with Gasteiger partial charge in [0.2, 0.25) is 5.95 Å². The summed E-state index contributed by atoms with van der Waals surface area (Å²) in [7, 11) is 0. The lowest BCUT2D eigenvalue weighted by Crippen LogP contribution is -2.15. The predicted molar refractivity (Wildman–Crippen MR) is 172 cm³/mol. The molecular formula is C37H25N3S. The van der Waals surface area contributed by atoms with Crippen molar-refractivity contribution < 1.29 is 0 Å². The first-order chi connectivity index (χ1) is 20.1. The number of rotatable bonds is 2. The Morgan fingerprint density at radius 2 is 1.37 bits per heavy atom. The van der Waals surface area contributed by atoms with Crippen molar-refractivity contribution in [1.29, 1.82) is 0 Å². The molecule has 0 unspecified atom stereocenters. The number of para-hydroxylation sites is 1. The Morgan fingerprint density at radius 1 is 0.634 bits per heavy atom. The molecule has 5 aromatic carbocycles. The van der Waals surface area contributed by atoms with Gasteiger partial charge in [-0.15, -0.1) is 11.3 Å². The lowest BCUT2D eigenvalue weighted by Gasteiger charge is -2.22. The second kappa shape index (κ2) is 8.12. The van der Waals surface area contributed by atoms with Gasteiger partial charge < -0.3 is 0 Å². The molecule has 1 aliphatic carbocycles. The largest absolute Gasteiger partial charge is 0.278 e.